The highest BCUT2D eigenvalue weighted by atomic mass is 35.5. The van der Waals surface area contributed by atoms with Crippen LogP contribution < -0.4 is 15.2 Å². The Hall–Kier alpha value is -3.13. The van der Waals surface area contributed by atoms with Crippen LogP contribution >= 0.6 is 11.6 Å². The Bertz CT molecular complexity index is 1090. The molecule has 0 amide bonds. The lowest BCUT2D eigenvalue weighted by atomic mass is 10.1. The van der Waals surface area contributed by atoms with Crippen molar-refractivity contribution in [3.05, 3.63) is 63.0 Å². The summed E-state index contributed by atoms with van der Waals surface area (Å²) in [5, 5.41) is -0.0759. The molecule has 2 N–H and O–H groups in total. The van der Waals surface area contributed by atoms with E-state index in [2.05, 4.69) is 14.7 Å². The van der Waals surface area contributed by atoms with Gasteiger partial charge >= 0.3 is 12.3 Å². The van der Waals surface area contributed by atoms with Gasteiger partial charge in [-0.15, -0.1) is 0 Å². The monoisotopic (exact) mass is 394 g/mol. The third kappa shape index (κ3) is 4.17. The van der Waals surface area contributed by atoms with Crippen molar-refractivity contribution in [2.45, 2.75) is 6.61 Å². The lowest BCUT2D eigenvalue weighted by molar-refractivity contribution is -0.0511. The normalized spacial score (nSPS) is 11.4. The van der Waals surface area contributed by atoms with Gasteiger partial charge in [-0.2, -0.15) is 8.78 Å². The number of alkyl halides is 2. The molecule has 0 unspecified atom stereocenters. The zero-order valence-corrected chi connectivity index (χ0v) is 14.6. The summed E-state index contributed by atoms with van der Waals surface area (Å²) in [5.74, 6) is -0.581. The van der Waals surface area contributed by atoms with E-state index in [4.69, 9.17) is 16.3 Å². The predicted molar refractivity (Wildman–Crippen MR) is 96.9 cm³/mol. The van der Waals surface area contributed by atoms with E-state index in [1.807, 2.05) is 0 Å². The van der Waals surface area contributed by atoms with Crippen molar-refractivity contribution in [3.63, 3.8) is 0 Å². The predicted octanol–water partition coefficient (Wildman–Crippen LogP) is 4.02. The first-order valence-electron chi connectivity index (χ1n) is 7.64. The largest absolute Gasteiger partial charge is 0.493 e. The lowest BCUT2D eigenvalue weighted by Gasteiger charge is -2.12. The maximum Gasteiger partial charge on any atom is 0.387 e. The molecule has 2 aromatic carbocycles. The van der Waals surface area contributed by atoms with E-state index in [1.54, 1.807) is 18.2 Å². The topological polar surface area (TPSA) is 84.2 Å². The SMILES string of the molecule is COc1cc(C=CC(=O)c2ccc3[nH]c(=O)[nH]c3c2)cc(Cl)c1OC(F)F. The molecule has 0 aliphatic rings. The number of imidazole rings is 1. The Kier molecular flexibility index (Phi) is 5.27. The first kappa shape index (κ1) is 18.7. The number of methoxy groups -OCH3 is 1. The maximum absolute atomic E-state index is 12.5. The van der Waals surface area contributed by atoms with Gasteiger partial charge in [-0.25, -0.2) is 4.79 Å². The molecule has 1 aromatic heterocycles. The average Bonchev–Trinajstić information content (AvgIpc) is 3.00. The second-order valence-electron chi connectivity index (χ2n) is 5.45. The van der Waals surface area contributed by atoms with Gasteiger partial charge in [0.05, 0.1) is 23.2 Å². The van der Waals surface area contributed by atoms with Crippen LogP contribution in [-0.4, -0.2) is 29.5 Å². The van der Waals surface area contributed by atoms with Crippen LogP contribution in [0.4, 0.5) is 8.78 Å². The van der Waals surface area contributed by atoms with Gasteiger partial charge < -0.3 is 19.4 Å². The van der Waals surface area contributed by atoms with Crippen molar-refractivity contribution in [3.8, 4) is 11.5 Å². The third-order valence-corrected chi connectivity index (χ3v) is 3.97. The number of halogens is 3. The fourth-order valence-electron chi connectivity index (χ4n) is 2.49. The van der Waals surface area contributed by atoms with Crippen molar-refractivity contribution < 1.29 is 23.0 Å². The fraction of sp³-hybridized carbons (Fsp3) is 0.111. The van der Waals surface area contributed by atoms with Gasteiger partial charge in [0.1, 0.15) is 0 Å². The number of fused-ring (bicyclic) bond motifs is 1. The van der Waals surface area contributed by atoms with Gasteiger partial charge in [-0.1, -0.05) is 17.7 Å². The van der Waals surface area contributed by atoms with Crippen LogP contribution in [-0.2, 0) is 0 Å². The summed E-state index contributed by atoms with van der Waals surface area (Å²) in [7, 11) is 1.29. The van der Waals surface area contributed by atoms with Crippen LogP contribution in [0.3, 0.4) is 0 Å². The van der Waals surface area contributed by atoms with E-state index < -0.39 is 6.61 Å². The number of hydrogen-bond donors (Lipinski definition) is 2. The molecule has 3 rings (SSSR count). The number of carbonyl (C=O) groups excluding carboxylic acids is 1. The van der Waals surface area contributed by atoms with Crippen molar-refractivity contribution in [1.29, 1.82) is 0 Å². The number of allylic oxidation sites excluding steroid dienone is 1. The van der Waals surface area contributed by atoms with Crippen LogP contribution in [0, 0.1) is 0 Å². The van der Waals surface area contributed by atoms with E-state index in [9.17, 15) is 18.4 Å². The molecule has 0 aliphatic carbocycles. The summed E-state index contributed by atoms with van der Waals surface area (Å²) in [5.41, 5.74) is 1.56. The highest BCUT2D eigenvalue weighted by Crippen LogP contribution is 2.37. The van der Waals surface area contributed by atoms with Crippen LogP contribution in [0.25, 0.3) is 17.1 Å². The molecule has 0 aliphatic heterocycles. The average molecular weight is 395 g/mol. The van der Waals surface area contributed by atoms with Gasteiger partial charge in [-0.3, -0.25) is 4.79 Å². The zero-order chi connectivity index (χ0) is 19.6. The standard InChI is InChI=1S/C18H13ClF2N2O4/c1-26-15-7-9(6-11(19)16(15)27-17(20)21)2-5-14(24)10-3-4-12-13(8-10)23-18(25)22-12/h2-8,17H,1H3,(H2,22,23,25). The van der Waals surface area contributed by atoms with Crippen LogP contribution in [0.2, 0.25) is 5.02 Å². The lowest BCUT2D eigenvalue weighted by Crippen LogP contribution is -2.04. The first-order chi connectivity index (χ1) is 12.9. The molecule has 0 radical (unpaired) electrons. The van der Waals surface area contributed by atoms with Crippen molar-refractivity contribution >= 4 is 34.5 Å². The molecule has 140 valence electrons. The van der Waals surface area contributed by atoms with Crippen LogP contribution in [0.5, 0.6) is 11.5 Å². The molecule has 0 bridgehead atoms. The second-order valence-corrected chi connectivity index (χ2v) is 5.86. The number of hydrogen-bond acceptors (Lipinski definition) is 4. The summed E-state index contributed by atoms with van der Waals surface area (Å²) in [6, 6.07) is 7.53. The quantitative estimate of drug-likeness (QED) is 0.488. The molecule has 9 heteroatoms. The Morgan fingerprint density at radius 1 is 1.19 bits per heavy atom. The number of rotatable bonds is 6. The number of benzene rings is 2. The van der Waals surface area contributed by atoms with Crippen molar-refractivity contribution in [2.24, 2.45) is 0 Å². The number of H-pyrrole nitrogens is 2. The molecule has 1 heterocycles. The number of ketones is 1. The van der Waals surface area contributed by atoms with Crippen LogP contribution in [0.15, 0.2) is 41.2 Å². The smallest absolute Gasteiger partial charge is 0.387 e. The molecule has 0 saturated carbocycles. The molecule has 27 heavy (non-hydrogen) atoms. The molecule has 3 aromatic rings. The molecule has 6 nitrogen and oxygen atoms in total. The maximum atomic E-state index is 12.5. The van der Waals surface area contributed by atoms with Gasteiger partial charge in [0, 0.05) is 5.56 Å². The van der Waals surface area contributed by atoms with E-state index in [0.29, 0.717) is 22.2 Å². The van der Waals surface area contributed by atoms with Crippen molar-refractivity contribution in [2.75, 3.05) is 7.11 Å². The molecule has 0 spiro atoms. The number of nitrogens with one attached hydrogen (secondary N) is 2. The molecule has 0 saturated heterocycles. The number of ether oxygens (including phenoxy) is 2. The Morgan fingerprint density at radius 3 is 2.63 bits per heavy atom. The Morgan fingerprint density at radius 2 is 1.93 bits per heavy atom. The first-order valence-corrected chi connectivity index (χ1v) is 8.02. The fourth-order valence-corrected chi connectivity index (χ4v) is 2.76. The van der Waals surface area contributed by atoms with E-state index in [1.165, 1.54) is 31.4 Å². The number of carbonyl (C=O) groups is 1. The molecular weight excluding hydrogens is 382 g/mol. The highest BCUT2D eigenvalue weighted by Gasteiger charge is 2.15. The minimum atomic E-state index is -3.05. The van der Waals surface area contributed by atoms with E-state index in [-0.39, 0.29) is 28.0 Å². The molecule has 0 atom stereocenters. The summed E-state index contributed by atoms with van der Waals surface area (Å²) < 4.78 is 34.3. The zero-order valence-electron chi connectivity index (χ0n) is 13.9. The van der Waals surface area contributed by atoms with Gasteiger partial charge in [-0.05, 0) is 42.0 Å². The van der Waals surface area contributed by atoms with Crippen molar-refractivity contribution in [1.82, 2.24) is 9.97 Å². The van der Waals surface area contributed by atoms with Gasteiger partial charge in [0.25, 0.3) is 0 Å². The Labute approximate surface area is 156 Å². The van der Waals surface area contributed by atoms with Gasteiger partial charge in [0.2, 0.25) is 0 Å². The molecule has 0 fully saturated rings. The number of aromatic amines is 2. The summed E-state index contributed by atoms with van der Waals surface area (Å²) in [6.07, 6.45) is 2.76. The van der Waals surface area contributed by atoms with Gasteiger partial charge in [0.15, 0.2) is 17.3 Å². The second kappa shape index (κ2) is 7.63. The Balaban J connectivity index is 1.86. The minimum absolute atomic E-state index is 0.0150. The molecular formula is C18H13ClF2N2O4. The minimum Gasteiger partial charge on any atom is -0.493 e. The number of aromatic nitrogens is 2. The van der Waals surface area contributed by atoms with E-state index in [0.717, 1.165) is 0 Å². The summed E-state index contributed by atoms with van der Waals surface area (Å²) in [4.78, 5) is 28.8. The summed E-state index contributed by atoms with van der Waals surface area (Å²) >= 11 is 5.96. The van der Waals surface area contributed by atoms with E-state index >= 15 is 0 Å². The highest BCUT2D eigenvalue weighted by molar-refractivity contribution is 6.32. The summed E-state index contributed by atoms with van der Waals surface area (Å²) in [6.45, 7) is -3.05. The van der Waals surface area contributed by atoms with Crippen LogP contribution in [0.1, 0.15) is 15.9 Å². The third-order valence-electron chi connectivity index (χ3n) is 3.69.